The fraction of sp³-hybridized carbons (Fsp3) is 0.208. The maximum absolute atomic E-state index is 14.9. The number of rotatable bonds is 9. The largest absolute Gasteiger partial charge is 0.493 e. The van der Waals surface area contributed by atoms with Crippen LogP contribution in [0.4, 0.5) is 13.2 Å². The molecule has 2 heterocycles. The number of benzene rings is 2. The summed E-state index contributed by atoms with van der Waals surface area (Å²) in [6, 6.07) is 11.8. The number of nitrogens with one attached hydrogen (secondary N) is 2. The van der Waals surface area contributed by atoms with Crippen molar-refractivity contribution in [3.63, 3.8) is 0 Å². The van der Waals surface area contributed by atoms with Crippen molar-refractivity contribution in [1.82, 2.24) is 20.2 Å². The molecule has 4 rings (SSSR count). The lowest BCUT2D eigenvalue weighted by molar-refractivity contribution is -0.0498. The first-order valence-electron chi connectivity index (χ1n) is 10.6. The number of alkyl halides is 2. The SMILES string of the molecule is CCCCOc1ccc(-c2cc(-c3ccc(OC(F)F)cc3)c(-c3ncn[nH]3)c(=O)[nH]2)c(F)c1. The van der Waals surface area contributed by atoms with E-state index < -0.39 is 18.0 Å². The van der Waals surface area contributed by atoms with Crippen LogP contribution in [0.3, 0.4) is 0 Å². The molecule has 0 radical (unpaired) electrons. The van der Waals surface area contributed by atoms with Gasteiger partial charge in [-0.1, -0.05) is 25.5 Å². The fourth-order valence-corrected chi connectivity index (χ4v) is 3.45. The Hall–Kier alpha value is -4.08. The van der Waals surface area contributed by atoms with Crippen molar-refractivity contribution in [3.05, 3.63) is 71.0 Å². The van der Waals surface area contributed by atoms with E-state index in [9.17, 15) is 18.0 Å². The Bertz CT molecular complexity index is 1310. The molecule has 176 valence electrons. The number of halogens is 3. The van der Waals surface area contributed by atoms with Gasteiger partial charge in [0.2, 0.25) is 0 Å². The molecule has 4 aromatic rings. The second-order valence-electron chi connectivity index (χ2n) is 7.38. The number of aromatic amines is 2. The second-order valence-corrected chi connectivity index (χ2v) is 7.38. The Labute approximate surface area is 192 Å². The van der Waals surface area contributed by atoms with Gasteiger partial charge in [0.1, 0.15) is 23.6 Å². The van der Waals surface area contributed by atoms with Gasteiger partial charge in [-0.3, -0.25) is 9.89 Å². The molecule has 0 saturated heterocycles. The zero-order valence-electron chi connectivity index (χ0n) is 18.1. The van der Waals surface area contributed by atoms with Crippen LogP contribution in [0.25, 0.3) is 33.8 Å². The first-order valence-corrected chi connectivity index (χ1v) is 10.6. The van der Waals surface area contributed by atoms with Gasteiger partial charge in [0.25, 0.3) is 5.56 Å². The van der Waals surface area contributed by atoms with Crippen LogP contribution in [0.1, 0.15) is 19.8 Å². The van der Waals surface area contributed by atoms with E-state index in [0.29, 0.717) is 23.5 Å². The molecule has 0 aliphatic carbocycles. The van der Waals surface area contributed by atoms with Crippen molar-refractivity contribution in [2.75, 3.05) is 6.61 Å². The van der Waals surface area contributed by atoms with Crippen LogP contribution in [0, 0.1) is 5.82 Å². The smallest absolute Gasteiger partial charge is 0.387 e. The Morgan fingerprint density at radius 2 is 1.79 bits per heavy atom. The summed E-state index contributed by atoms with van der Waals surface area (Å²) in [5, 5.41) is 6.44. The minimum Gasteiger partial charge on any atom is -0.493 e. The van der Waals surface area contributed by atoms with Crippen LogP contribution in [-0.4, -0.2) is 33.4 Å². The molecule has 2 aromatic carbocycles. The molecule has 0 unspecified atom stereocenters. The first kappa shape index (κ1) is 23.1. The lowest BCUT2D eigenvalue weighted by atomic mass is 9.98. The van der Waals surface area contributed by atoms with Crippen LogP contribution in [0.2, 0.25) is 0 Å². The van der Waals surface area contributed by atoms with E-state index in [1.54, 1.807) is 12.1 Å². The number of unbranched alkanes of at least 4 members (excludes halogenated alkanes) is 1. The summed E-state index contributed by atoms with van der Waals surface area (Å²) in [5.74, 6) is -0.000508. The molecule has 2 aromatic heterocycles. The zero-order chi connectivity index (χ0) is 24.1. The third-order valence-electron chi connectivity index (χ3n) is 5.07. The Balaban J connectivity index is 1.78. The minimum absolute atomic E-state index is 0.0327. The van der Waals surface area contributed by atoms with E-state index in [-0.39, 0.29) is 28.4 Å². The van der Waals surface area contributed by atoms with E-state index >= 15 is 0 Å². The molecule has 0 saturated carbocycles. The van der Waals surface area contributed by atoms with E-state index in [0.717, 1.165) is 12.8 Å². The van der Waals surface area contributed by atoms with Gasteiger partial charge in [-0.05, 0) is 42.3 Å². The Morgan fingerprint density at radius 3 is 2.44 bits per heavy atom. The Morgan fingerprint density at radius 1 is 1.03 bits per heavy atom. The average Bonchev–Trinajstić information content (AvgIpc) is 3.33. The van der Waals surface area contributed by atoms with Gasteiger partial charge in [0.05, 0.1) is 17.9 Å². The van der Waals surface area contributed by atoms with Gasteiger partial charge >= 0.3 is 6.61 Å². The van der Waals surface area contributed by atoms with Gasteiger partial charge in [-0.15, -0.1) is 0 Å². The van der Waals surface area contributed by atoms with Crippen LogP contribution in [0.5, 0.6) is 11.5 Å². The topological polar surface area (TPSA) is 92.9 Å². The molecule has 0 aliphatic rings. The fourth-order valence-electron chi connectivity index (χ4n) is 3.45. The molecule has 0 amide bonds. The van der Waals surface area contributed by atoms with Crippen LogP contribution < -0.4 is 15.0 Å². The third-order valence-corrected chi connectivity index (χ3v) is 5.07. The van der Waals surface area contributed by atoms with Gasteiger partial charge < -0.3 is 14.5 Å². The van der Waals surface area contributed by atoms with E-state index in [4.69, 9.17) is 4.74 Å². The molecule has 0 atom stereocenters. The number of nitrogens with zero attached hydrogens (tertiary/aromatic N) is 2. The van der Waals surface area contributed by atoms with Gasteiger partial charge in [0.15, 0.2) is 5.82 Å². The molecular formula is C24H21F3N4O3. The minimum atomic E-state index is -2.96. The van der Waals surface area contributed by atoms with Crippen LogP contribution in [0.15, 0.2) is 59.7 Å². The van der Waals surface area contributed by atoms with Crippen molar-refractivity contribution in [1.29, 1.82) is 0 Å². The summed E-state index contributed by atoms with van der Waals surface area (Å²) >= 11 is 0. The normalized spacial score (nSPS) is 11.1. The summed E-state index contributed by atoms with van der Waals surface area (Å²) in [6.07, 6.45) is 3.06. The lowest BCUT2D eigenvalue weighted by Gasteiger charge is -2.13. The quantitative estimate of drug-likeness (QED) is 0.319. The van der Waals surface area contributed by atoms with Crippen molar-refractivity contribution >= 4 is 0 Å². The molecule has 0 aliphatic heterocycles. The van der Waals surface area contributed by atoms with E-state index in [2.05, 4.69) is 24.9 Å². The Kier molecular flexibility index (Phi) is 6.95. The summed E-state index contributed by atoms with van der Waals surface area (Å²) < 4.78 is 49.9. The highest BCUT2D eigenvalue weighted by Crippen LogP contribution is 2.33. The van der Waals surface area contributed by atoms with Crippen molar-refractivity contribution < 1.29 is 22.6 Å². The average molecular weight is 470 g/mol. The molecule has 2 N–H and O–H groups in total. The molecule has 0 bridgehead atoms. The maximum atomic E-state index is 14.9. The molecular weight excluding hydrogens is 449 g/mol. The molecule has 7 nitrogen and oxygen atoms in total. The van der Waals surface area contributed by atoms with Crippen molar-refractivity contribution in [3.8, 4) is 45.3 Å². The van der Waals surface area contributed by atoms with Crippen LogP contribution in [-0.2, 0) is 0 Å². The van der Waals surface area contributed by atoms with Crippen molar-refractivity contribution in [2.24, 2.45) is 0 Å². The summed E-state index contributed by atoms with van der Waals surface area (Å²) in [7, 11) is 0. The van der Waals surface area contributed by atoms with Gasteiger partial charge in [-0.2, -0.15) is 13.9 Å². The highest BCUT2D eigenvalue weighted by molar-refractivity contribution is 5.83. The number of hydrogen-bond acceptors (Lipinski definition) is 5. The number of ether oxygens (including phenoxy) is 2. The first-order chi connectivity index (χ1) is 16.5. The summed E-state index contributed by atoms with van der Waals surface area (Å²) in [4.78, 5) is 19.8. The summed E-state index contributed by atoms with van der Waals surface area (Å²) in [6.45, 7) is -0.449. The monoisotopic (exact) mass is 470 g/mol. The lowest BCUT2D eigenvalue weighted by Crippen LogP contribution is -2.13. The van der Waals surface area contributed by atoms with Crippen LogP contribution >= 0.6 is 0 Å². The highest BCUT2D eigenvalue weighted by atomic mass is 19.3. The zero-order valence-corrected chi connectivity index (χ0v) is 18.1. The molecule has 34 heavy (non-hydrogen) atoms. The second kappa shape index (κ2) is 10.2. The van der Waals surface area contributed by atoms with Gasteiger partial charge in [0, 0.05) is 17.2 Å². The molecule has 0 spiro atoms. The maximum Gasteiger partial charge on any atom is 0.387 e. The predicted octanol–water partition coefficient (Wildman–Crippen LogP) is 5.41. The van der Waals surface area contributed by atoms with E-state index in [1.165, 1.54) is 42.7 Å². The summed E-state index contributed by atoms with van der Waals surface area (Å²) in [5.41, 5.74) is 0.961. The number of aromatic nitrogens is 4. The number of hydrogen-bond donors (Lipinski definition) is 2. The molecule has 0 fully saturated rings. The number of H-pyrrole nitrogens is 2. The standard InChI is InChI=1S/C24H21F3N4O3/c1-2-3-10-33-16-8-9-17(19(25)11-16)20-12-18(14-4-6-15(7-5-14)34-24(26)27)21(23(32)30-20)22-28-13-29-31-22/h4-9,11-13,24H,2-3,10H2,1H3,(H,30,32)(H,28,29,31). The highest BCUT2D eigenvalue weighted by Gasteiger charge is 2.18. The number of pyridine rings is 1. The third kappa shape index (κ3) is 5.11. The van der Waals surface area contributed by atoms with Gasteiger partial charge in [-0.25, -0.2) is 9.37 Å². The van der Waals surface area contributed by atoms with E-state index in [1.807, 2.05) is 6.92 Å². The predicted molar refractivity (Wildman–Crippen MR) is 120 cm³/mol. The molecule has 10 heteroatoms. The van der Waals surface area contributed by atoms with Crippen molar-refractivity contribution in [2.45, 2.75) is 26.4 Å².